The van der Waals surface area contributed by atoms with E-state index in [2.05, 4.69) is 90.4 Å². The van der Waals surface area contributed by atoms with Gasteiger partial charge >= 0.3 is 5.97 Å². The number of carboxylic acids is 1. The molecule has 8 heteroatoms. The van der Waals surface area contributed by atoms with Gasteiger partial charge in [0.2, 0.25) is 0 Å². The van der Waals surface area contributed by atoms with Gasteiger partial charge < -0.3 is 14.9 Å². The minimum atomic E-state index is -0.858. The molecule has 2 aromatic carbocycles. The second kappa shape index (κ2) is 9.22. The Bertz CT molecular complexity index is 700. The zero-order chi connectivity index (χ0) is 16.4. The molecule has 4 nitrogen and oxygen atoms in total. The number of halogens is 4. The first-order chi connectivity index (χ1) is 10.3. The van der Waals surface area contributed by atoms with Crippen molar-refractivity contribution >= 4 is 96.3 Å². The van der Waals surface area contributed by atoms with Gasteiger partial charge in [-0.1, -0.05) is 7.43 Å². The summed E-state index contributed by atoms with van der Waals surface area (Å²) < 4.78 is 9.06. The molecule has 0 unspecified atom stereocenters. The van der Waals surface area contributed by atoms with E-state index in [9.17, 15) is 9.90 Å². The molecule has 2 aromatic rings. The molecule has 0 saturated carbocycles. The number of phenolic OH excluding ortho intramolecular Hbond substituents is 1. The lowest BCUT2D eigenvalue weighted by Crippen LogP contribution is -2.02. The first-order valence-electron chi connectivity index (χ1n) is 5.83. The van der Waals surface area contributed by atoms with Gasteiger partial charge in [-0.15, -0.1) is 0 Å². The number of carboxylic acid groups (broad SMARTS) is 1. The fourth-order valence-electron chi connectivity index (χ4n) is 1.71. The lowest BCUT2D eigenvalue weighted by Gasteiger charge is -2.13. The predicted octanol–water partition coefficient (Wildman–Crippen LogP) is 5.87. The number of carbonyl (C=O) groups is 1. The third kappa shape index (κ3) is 5.73. The second-order valence-corrected chi connectivity index (χ2v) is 8.95. The van der Waals surface area contributed by atoms with Crippen LogP contribution in [0.5, 0.6) is 17.2 Å². The largest absolute Gasteiger partial charge is 0.506 e. The smallest absolute Gasteiger partial charge is 0.307 e. The topological polar surface area (TPSA) is 66.8 Å². The molecule has 23 heavy (non-hydrogen) atoms. The highest BCUT2D eigenvalue weighted by molar-refractivity contribution is 14.1. The molecule has 0 aliphatic heterocycles. The van der Waals surface area contributed by atoms with E-state index in [1.807, 2.05) is 12.1 Å². The van der Waals surface area contributed by atoms with Gasteiger partial charge in [-0.2, -0.15) is 0 Å². The SMILES string of the molecule is C.O=C(O)Cc1cc(I)c(Oc2cc(I)c(O)c(I)c2)c(I)c1. The second-order valence-electron chi connectivity index (χ2n) is 4.30. The number of rotatable bonds is 4. The van der Waals surface area contributed by atoms with Crippen molar-refractivity contribution < 1.29 is 19.7 Å². The number of aliphatic carboxylic acids is 1. The highest BCUT2D eigenvalue weighted by Crippen LogP contribution is 2.36. The summed E-state index contributed by atoms with van der Waals surface area (Å²) in [5.41, 5.74) is 0.739. The van der Waals surface area contributed by atoms with Gasteiger partial charge in [0, 0.05) is 0 Å². The molecule has 0 aliphatic carbocycles. The Morgan fingerprint density at radius 3 is 1.87 bits per heavy atom. The van der Waals surface area contributed by atoms with E-state index in [4.69, 9.17) is 9.84 Å². The predicted molar refractivity (Wildman–Crippen MR) is 124 cm³/mol. The van der Waals surface area contributed by atoms with Crippen LogP contribution in [0.4, 0.5) is 0 Å². The number of aromatic hydroxyl groups is 1. The van der Waals surface area contributed by atoms with Gasteiger partial charge in [0.05, 0.1) is 20.7 Å². The Morgan fingerprint density at radius 1 is 0.957 bits per heavy atom. The Balaban J connectivity index is 0.00000264. The maximum atomic E-state index is 10.8. The molecule has 0 aromatic heterocycles. The van der Waals surface area contributed by atoms with Gasteiger partial charge in [0.1, 0.15) is 11.5 Å². The average molecular weight is 764 g/mol. The fraction of sp³-hybridized carbons (Fsp3) is 0.133. The summed E-state index contributed by atoms with van der Waals surface area (Å²) in [4.78, 5) is 10.8. The number of phenols is 1. The van der Waals surface area contributed by atoms with Crippen LogP contribution < -0.4 is 4.74 Å². The molecule has 2 N–H and O–H groups in total. The van der Waals surface area contributed by atoms with E-state index < -0.39 is 5.97 Å². The molecule has 0 aliphatic rings. The first kappa shape index (κ1) is 21.5. The lowest BCUT2D eigenvalue weighted by atomic mass is 10.1. The van der Waals surface area contributed by atoms with Crippen LogP contribution in [-0.4, -0.2) is 16.2 Å². The molecule has 0 amide bonds. The molecule has 0 atom stereocenters. The van der Waals surface area contributed by atoms with Crippen molar-refractivity contribution in [3.05, 3.63) is 44.1 Å². The quantitative estimate of drug-likeness (QED) is 0.383. The van der Waals surface area contributed by atoms with E-state index in [1.165, 1.54) is 0 Å². The van der Waals surface area contributed by atoms with Crippen molar-refractivity contribution in [2.24, 2.45) is 0 Å². The van der Waals surface area contributed by atoms with E-state index in [0.29, 0.717) is 18.6 Å². The molecule has 0 fully saturated rings. The number of hydrogen-bond acceptors (Lipinski definition) is 3. The van der Waals surface area contributed by atoms with E-state index in [-0.39, 0.29) is 19.6 Å². The average Bonchev–Trinajstić information content (AvgIpc) is 2.39. The van der Waals surface area contributed by atoms with Crippen LogP contribution in [0.3, 0.4) is 0 Å². The Labute approximate surface area is 189 Å². The van der Waals surface area contributed by atoms with Crippen LogP contribution in [0.25, 0.3) is 0 Å². The molecular formula is C15H12I4O4. The minimum absolute atomic E-state index is 0. The van der Waals surface area contributed by atoms with Crippen molar-refractivity contribution in [2.75, 3.05) is 0 Å². The number of benzene rings is 2. The van der Waals surface area contributed by atoms with Crippen LogP contribution >= 0.6 is 90.4 Å². The van der Waals surface area contributed by atoms with E-state index in [0.717, 1.165) is 12.7 Å². The molecule has 0 heterocycles. The van der Waals surface area contributed by atoms with Gasteiger partial charge in [0.15, 0.2) is 5.75 Å². The van der Waals surface area contributed by atoms with Crippen molar-refractivity contribution in [2.45, 2.75) is 13.8 Å². The van der Waals surface area contributed by atoms with Crippen molar-refractivity contribution in [3.8, 4) is 17.2 Å². The van der Waals surface area contributed by atoms with Crippen LogP contribution in [0.2, 0.25) is 0 Å². The first-order valence-corrected chi connectivity index (χ1v) is 10.1. The summed E-state index contributed by atoms with van der Waals surface area (Å²) in [5, 5.41) is 18.7. The zero-order valence-electron chi connectivity index (χ0n) is 10.7. The van der Waals surface area contributed by atoms with Crippen LogP contribution in [-0.2, 0) is 11.2 Å². The summed E-state index contributed by atoms with van der Waals surface area (Å²) >= 11 is 8.37. The third-order valence-corrected chi connectivity index (χ3v) is 5.87. The summed E-state index contributed by atoms with van der Waals surface area (Å²) in [6.07, 6.45) is -0.0126. The highest BCUT2D eigenvalue weighted by Gasteiger charge is 2.14. The minimum Gasteiger partial charge on any atom is -0.506 e. The fourth-order valence-corrected chi connectivity index (χ4v) is 5.53. The van der Waals surface area contributed by atoms with Gasteiger partial charge in [-0.05, 0) is 120 Å². The van der Waals surface area contributed by atoms with Crippen molar-refractivity contribution in [1.29, 1.82) is 0 Å². The molecule has 0 saturated heterocycles. The maximum Gasteiger partial charge on any atom is 0.307 e. The summed E-state index contributed by atoms with van der Waals surface area (Å²) in [5.74, 6) is 0.707. The van der Waals surface area contributed by atoms with Gasteiger partial charge in [-0.25, -0.2) is 0 Å². The molecular weight excluding hydrogens is 752 g/mol. The summed E-state index contributed by atoms with van der Waals surface area (Å²) in [7, 11) is 0. The molecule has 2 rings (SSSR count). The zero-order valence-corrected chi connectivity index (χ0v) is 19.4. The van der Waals surface area contributed by atoms with E-state index >= 15 is 0 Å². The summed E-state index contributed by atoms with van der Waals surface area (Å²) in [6, 6.07) is 7.13. The number of ether oxygens (including phenoxy) is 1. The van der Waals surface area contributed by atoms with Gasteiger partial charge in [-0.3, -0.25) is 4.79 Å². The highest BCUT2D eigenvalue weighted by atomic mass is 127. The lowest BCUT2D eigenvalue weighted by molar-refractivity contribution is -0.136. The Hall–Kier alpha value is 0.430. The third-order valence-electron chi connectivity index (χ3n) is 2.62. The van der Waals surface area contributed by atoms with Crippen LogP contribution in [0.15, 0.2) is 24.3 Å². The van der Waals surface area contributed by atoms with E-state index in [1.54, 1.807) is 12.1 Å². The van der Waals surface area contributed by atoms with Crippen molar-refractivity contribution in [1.82, 2.24) is 0 Å². The standard InChI is InChI=1S/C14H8I4O4.CH4/c15-8-4-7(5-9(16)13(8)21)22-14-10(17)1-6(2-11(14)18)3-12(19)20;/h1-2,4-5,21H,3H2,(H,19,20);1H4. The maximum absolute atomic E-state index is 10.8. The molecule has 0 bridgehead atoms. The van der Waals surface area contributed by atoms with Gasteiger partial charge in [0.25, 0.3) is 0 Å². The van der Waals surface area contributed by atoms with Crippen LogP contribution in [0.1, 0.15) is 13.0 Å². The normalized spacial score (nSPS) is 10.1. The Morgan fingerprint density at radius 2 is 1.43 bits per heavy atom. The summed E-state index contributed by atoms with van der Waals surface area (Å²) in [6.45, 7) is 0. The molecule has 0 radical (unpaired) electrons. The Kier molecular flexibility index (Phi) is 8.61. The van der Waals surface area contributed by atoms with Crippen LogP contribution in [0, 0.1) is 14.3 Å². The van der Waals surface area contributed by atoms with Crippen molar-refractivity contribution in [3.63, 3.8) is 0 Å². The molecule has 0 spiro atoms. The monoisotopic (exact) mass is 764 g/mol. The molecule has 124 valence electrons. The number of hydrogen-bond donors (Lipinski definition) is 2.